The molecular weight excluding hydrogens is 184 g/mol. The molecule has 2 heterocycles. The molecule has 0 atom stereocenters. The number of nitrogens with zero attached hydrogens (tertiary/aromatic N) is 1. The molecule has 0 radical (unpaired) electrons. The van der Waals surface area contributed by atoms with Crippen LogP contribution in [0.15, 0.2) is 24.0 Å². The number of carbonyl (C=O) groups excluding carboxylic acids is 1. The van der Waals surface area contributed by atoms with E-state index in [2.05, 4.69) is 9.97 Å². The highest BCUT2D eigenvalue weighted by atomic mass is 32.1. The highest BCUT2D eigenvalue weighted by Crippen LogP contribution is 2.12. The van der Waals surface area contributed by atoms with E-state index in [1.165, 1.54) is 4.88 Å². The summed E-state index contributed by atoms with van der Waals surface area (Å²) in [5, 5.41) is 0. The topological polar surface area (TPSA) is 45.8 Å². The maximum Gasteiger partial charge on any atom is 0.151 e. The molecule has 13 heavy (non-hydrogen) atoms. The summed E-state index contributed by atoms with van der Waals surface area (Å²) in [6.07, 6.45) is 5.21. The zero-order valence-corrected chi connectivity index (χ0v) is 7.67. The lowest BCUT2D eigenvalue weighted by atomic mass is 10.2. The fraction of sp³-hybridized carbons (Fsp3) is 0.111. The number of H-pyrrole nitrogens is 1. The van der Waals surface area contributed by atoms with Crippen LogP contribution in [0.3, 0.4) is 0 Å². The van der Waals surface area contributed by atoms with E-state index in [1.54, 1.807) is 23.0 Å². The molecular formula is C9H8N2OS. The van der Waals surface area contributed by atoms with Crippen LogP contribution in [0.4, 0.5) is 0 Å². The number of hydrogen-bond acceptors (Lipinski definition) is 3. The molecule has 0 saturated carbocycles. The molecule has 0 amide bonds. The van der Waals surface area contributed by atoms with Gasteiger partial charge in [-0.25, -0.2) is 0 Å². The minimum Gasteiger partial charge on any atom is -0.364 e. The van der Waals surface area contributed by atoms with Crippen molar-refractivity contribution in [3.05, 3.63) is 40.1 Å². The molecule has 0 bridgehead atoms. The fourth-order valence-electron chi connectivity index (χ4n) is 1.15. The van der Waals surface area contributed by atoms with Crippen LogP contribution in [0.2, 0.25) is 0 Å². The summed E-state index contributed by atoms with van der Waals surface area (Å²) in [5.74, 6) is 0. The Morgan fingerprint density at radius 2 is 2.54 bits per heavy atom. The average Bonchev–Trinajstić information content (AvgIpc) is 2.76. The van der Waals surface area contributed by atoms with Crippen molar-refractivity contribution in [2.24, 2.45) is 0 Å². The summed E-state index contributed by atoms with van der Waals surface area (Å²) in [5.41, 5.74) is 3.55. The van der Waals surface area contributed by atoms with Crippen LogP contribution in [-0.4, -0.2) is 16.3 Å². The maximum atomic E-state index is 10.4. The lowest BCUT2D eigenvalue weighted by Gasteiger charge is -1.90. The molecule has 66 valence electrons. The molecule has 1 N–H and O–H groups in total. The molecule has 0 aromatic carbocycles. The first kappa shape index (κ1) is 8.19. The fourth-order valence-corrected chi connectivity index (χ4v) is 1.77. The lowest BCUT2D eigenvalue weighted by molar-refractivity contribution is 0.112. The largest absolute Gasteiger partial charge is 0.364 e. The molecule has 2 aromatic rings. The second-order valence-electron chi connectivity index (χ2n) is 2.72. The normalized spacial score (nSPS) is 10.2. The van der Waals surface area contributed by atoms with Gasteiger partial charge in [0.1, 0.15) is 0 Å². The van der Waals surface area contributed by atoms with E-state index in [0.717, 1.165) is 18.4 Å². The Balaban J connectivity index is 2.14. The quantitative estimate of drug-likeness (QED) is 0.754. The molecule has 0 fully saturated rings. The van der Waals surface area contributed by atoms with Gasteiger partial charge < -0.3 is 4.98 Å². The van der Waals surface area contributed by atoms with Crippen LogP contribution in [-0.2, 0) is 6.42 Å². The molecule has 0 aliphatic heterocycles. The summed E-state index contributed by atoms with van der Waals surface area (Å²) < 4.78 is 0. The Morgan fingerprint density at radius 3 is 3.15 bits per heavy atom. The molecule has 2 aromatic heterocycles. The zero-order chi connectivity index (χ0) is 9.10. The summed E-state index contributed by atoms with van der Waals surface area (Å²) >= 11 is 1.62. The standard InChI is InChI=1S/C9H8N2OS/c12-5-7-1-8(11-3-7)2-9-4-10-6-13-9/h1,3-6,11H,2H2. The van der Waals surface area contributed by atoms with E-state index in [9.17, 15) is 4.79 Å². The third-order valence-corrected chi connectivity index (χ3v) is 2.53. The van der Waals surface area contributed by atoms with E-state index in [0.29, 0.717) is 5.56 Å². The number of thiazole rings is 1. The van der Waals surface area contributed by atoms with Crippen LogP contribution in [0, 0.1) is 0 Å². The van der Waals surface area contributed by atoms with Crippen LogP contribution < -0.4 is 0 Å². The van der Waals surface area contributed by atoms with E-state index >= 15 is 0 Å². The molecule has 0 spiro atoms. The summed E-state index contributed by atoms with van der Waals surface area (Å²) in [6, 6.07) is 1.85. The molecule has 4 heteroatoms. The van der Waals surface area contributed by atoms with Crippen molar-refractivity contribution >= 4 is 17.6 Å². The van der Waals surface area contributed by atoms with Gasteiger partial charge in [0.15, 0.2) is 6.29 Å². The summed E-state index contributed by atoms with van der Waals surface area (Å²) in [6.45, 7) is 0. The van der Waals surface area contributed by atoms with Gasteiger partial charge in [-0.1, -0.05) is 0 Å². The highest BCUT2D eigenvalue weighted by Gasteiger charge is 2.00. The Hall–Kier alpha value is -1.42. The number of nitrogens with one attached hydrogen (secondary N) is 1. The SMILES string of the molecule is O=Cc1c[nH]c(Cc2cncs2)c1. The molecule has 0 aliphatic rings. The highest BCUT2D eigenvalue weighted by molar-refractivity contribution is 7.09. The molecule has 3 nitrogen and oxygen atoms in total. The van der Waals surface area contributed by atoms with Crippen LogP contribution in [0.25, 0.3) is 0 Å². The van der Waals surface area contributed by atoms with Gasteiger partial charge in [-0.2, -0.15) is 0 Å². The van der Waals surface area contributed by atoms with Crippen molar-refractivity contribution in [2.45, 2.75) is 6.42 Å². The van der Waals surface area contributed by atoms with Crippen LogP contribution >= 0.6 is 11.3 Å². The molecule has 2 rings (SSSR count). The van der Waals surface area contributed by atoms with E-state index in [1.807, 2.05) is 12.3 Å². The predicted octanol–water partition coefficient (Wildman–Crippen LogP) is 1.87. The monoisotopic (exact) mass is 192 g/mol. The number of carbonyl (C=O) groups is 1. The number of aromatic amines is 1. The zero-order valence-electron chi connectivity index (χ0n) is 6.86. The first-order valence-corrected chi connectivity index (χ1v) is 4.76. The van der Waals surface area contributed by atoms with E-state index in [-0.39, 0.29) is 0 Å². The average molecular weight is 192 g/mol. The van der Waals surface area contributed by atoms with Gasteiger partial charge in [-0.15, -0.1) is 11.3 Å². The van der Waals surface area contributed by atoms with Crippen molar-refractivity contribution in [3.8, 4) is 0 Å². The summed E-state index contributed by atoms with van der Waals surface area (Å²) in [4.78, 5) is 18.6. The minimum atomic E-state index is 0.694. The molecule has 0 saturated heterocycles. The lowest BCUT2D eigenvalue weighted by Crippen LogP contribution is -1.82. The Kier molecular flexibility index (Phi) is 2.23. The minimum absolute atomic E-state index is 0.694. The third-order valence-electron chi connectivity index (χ3n) is 1.75. The second kappa shape index (κ2) is 3.53. The van der Waals surface area contributed by atoms with Crippen molar-refractivity contribution in [2.75, 3.05) is 0 Å². The molecule has 0 aliphatic carbocycles. The number of aromatic nitrogens is 2. The summed E-state index contributed by atoms with van der Waals surface area (Å²) in [7, 11) is 0. The van der Waals surface area contributed by atoms with Crippen molar-refractivity contribution in [3.63, 3.8) is 0 Å². The predicted molar refractivity (Wildman–Crippen MR) is 51.1 cm³/mol. The molecule has 0 unspecified atom stereocenters. The Labute approximate surface area is 79.4 Å². The van der Waals surface area contributed by atoms with Crippen molar-refractivity contribution < 1.29 is 4.79 Å². The van der Waals surface area contributed by atoms with Gasteiger partial charge in [0.25, 0.3) is 0 Å². The maximum absolute atomic E-state index is 10.4. The first-order chi connectivity index (χ1) is 6.38. The van der Waals surface area contributed by atoms with Crippen molar-refractivity contribution in [1.29, 1.82) is 0 Å². The van der Waals surface area contributed by atoms with Gasteiger partial charge in [-0.05, 0) is 6.07 Å². The third kappa shape index (κ3) is 1.84. The van der Waals surface area contributed by atoms with Crippen molar-refractivity contribution in [1.82, 2.24) is 9.97 Å². The van der Waals surface area contributed by atoms with Gasteiger partial charge in [-0.3, -0.25) is 9.78 Å². The number of rotatable bonds is 3. The first-order valence-electron chi connectivity index (χ1n) is 3.88. The Morgan fingerprint density at radius 1 is 1.62 bits per heavy atom. The smallest absolute Gasteiger partial charge is 0.151 e. The van der Waals surface area contributed by atoms with Crippen LogP contribution in [0.1, 0.15) is 20.9 Å². The second-order valence-corrected chi connectivity index (χ2v) is 3.69. The Bertz CT molecular complexity index is 391. The van der Waals surface area contributed by atoms with Gasteiger partial charge in [0.05, 0.1) is 5.51 Å². The van der Waals surface area contributed by atoms with Gasteiger partial charge >= 0.3 is 0 Å². The van der Waals surface area contributed by atoms with E-state index < -0.39 is 0 Å². The van der Waals surface area contributed by atoms with Crippen LogP contribution in [0.5, 0.6) is 0 Å². The number of aldehydes is 1. The van der Waals surface area contributed by atoms with Gasteiger partial charge in [0.2, 0.25) is 0 Å². The van der Waals surface area contributed by atoms with E-state index in [4.69, 9.17) is 0 Å². The number of hydrogen-bond donors (Lipinski definition) is 1. The van der Waals surface area contributed by atoms with Gasteiger partial charge in [0, 0.05) is 34.9 Å².